The second-order valence-corrected chi connectivity index (χ2v) is 6.47. The first kappa shape index (κ1) is 18.7. The van der Waals surface area contributed by atoms with Gasteiger partial charge in [0, 0.05) is 44.5 Å². The van der Waals surface area contributed by atoms with E-state index in [1.54, 1.807) is 18.3 Å². The summed E-state index contributed by atoms with van der Waals surface area (Å²) >= 11 is 5.44. The van der Waals surface area contributed by atoms with E-state index in [2.05, 4.69) is 25.3 Å². The minimum Gasteiger partial charge on any atom is -0.353 e. The molecule has 1 aromatic heterocycles. The van der Waals surface area contributed by atoms with Crippen LogP contribution in [0, 0.1) is 10.1 Å². The second kappa shape index (κ2) is 8.54. The molecule has 0 aliphatic carbocycles. The number of nitrogens with zero attached hydrogens (tertiary/aromatic N) is 5. The highest BCUT2D eigenvalue weighted by Gasteiger charge is 2.19. The third kappa shape index (κ3) is 4.76. The van der Waals surface area contributed by atoms with Crippen molar-refractivity contribution in [1.82, 2.24) is 15.3 Å². The van der Waals surface area contributed by atoms with Crippen LogP contribution in [0.25, 0.3) is 0 Å². The molecule has 9 heteroatoms. The number of piperazine rings is 1. The number of anilines is 1. The number of pyridine rings is 1. The Morgan fingerprint density at radius 1 is 1.19 bits per heavy atom. The molecule has 140 valence electrons. The van der Waals surface area contributed by atoms with Crippen LogP contribution in [0.4, 0.5) is 11.5 Å². The Bertz CT molecular complexity index is 833. The highest BCUT2D eigenvalue weighted by molar-refractivity contribution is 7.80. The molecule has 8 nitrogen and oxygen atoms in total. The van der Waals surface area contributed by atoms with Crippen molar-refractivity contribution < 1.29 is 4.92 Å². The van der Waals surface area contributed by atoms with Gasteiger partial charge in [-0.05, 0) is 49.0 Å². The number of thiocarbonyl (C=S) groups is 1. The second-order valence-electron chi connectivity index (χ2n) is 6.08. The van der Waals surface area contributed by atoms with Crippen molar-refractivity contribution in [3.8, 4) is 0 Å². The van der Waals surface area contributed by atoms with Gasteiger partial charge < -0.3 is 9.80 Å². The molecule has 3 rings (SSSR count). The first-order chi connectivity index (χ1) is 13.0. The maximum absolute atomic E-state index is 10.7. The van der Waals surface area contributed by atoms with Gasteiger partial charge >= 0.3 is 0 Å². The maximum Gasteiger partial charge on any atom is 0.269 e. The summed E-state index contributed by atoms with van der Waals surface area (Å²) in [6.45, 7) is 5.08. The molecule has 1 aromatic carbocycles. The van der Waals surface area contributed by atoms with Crippen molar-refractivity contribution >= 4 is 34.5 Å². The van der Waals surface area contributed by atoms with E-state index in [1.807, 2.05) is 25.1 Å². The van der Waals surface area contributed by atoms with Crippen molar-refractivity contribution in [2.24, 2.45) is 5.10 Å². The SMILES string of the molecule is C/C(=N/NC(=S)N1CCN(c2ccccn2)CC1)c1ccc([N+](=O)[O-])cc1. The molecule has 0 spiro atoms. The van der Waals surface area contributed by atoms with Crippen LogP contribution in [0.1, 0.15) is 12.5 Å². The Hall–Kier alpha value is -3.07. The zero-order chi connectivity index (χ0) is 19.2. The molecule has 0 atom stereocenters. The molecule has 1 fully saturated rings. The fourth-order valence-electron chi connectivity index (χ4n) is 2.77. The van der Waals surface area contributed by atoms with Gasteiger partial charge in [-0.25, -0.2) is 4.98 Å². The van der Waals surface area contributed by atoms with E-state index in [9.17, 15) is 10.1 Å². The molecule has 2 aromatic rings. The average Bonchev–Trinajstić information content (AvgIpc) is 2.72. The molecule has 0 saturated carbocycles. The lowest BCUT2D eigenvalue weighted by Gasteiger charge is -2.36. The molecule has 0 amide bonds. The zero-order valence-corrected chi connectivity index (χ0v) is 15.7. The number of hydrazone groups is 1. The molecular weight excluding hydrogens is 364 g/mol. The Balaban J connectivity index is 1.53. The van der Waals surface area contributed by atoms with Gasteiger partial charge in [-0.15, -0.1) is 0 Å². The lowest BCUT2D eigenvalue weighted by Crippen LogP contribution is -2.51. The van der Waals surface area contributed by atoms with Crippen LogP contribution in [0.2, 0.25) is 0 Å². The van der Waals surface area contributed by atoms with E-state index in [0.717, 1.165) is 37.6 Å². The number of aromatic nitrogens is 1. The number of rotatable bonds is 4. The van der Waals surface area contributed by atoms with E-state index < -0.39 is 4.92 Å². The topological polar surface area (TPSA) is 86.9 Å². The number of nitrogens with one attached hydrogen (secondary N) is 1. The van der Waals surface area contributed by atoms with Gasteiger partial charge in [0.05, 0.1) is 10.6 Å². The summed E-state index contributed by atoms with van der Waals surface area (Å²) in [5, 5.41) is 15.6. The molecule has 0 radical (unpaired) electrons. The highest BCUT2D eigenvalue weighted by atomic mass is 32.1. The summed E-state index contributed by atoms with van der Waals surface area (Å²) in [7, 11) is 0. The van der Waals surface area contributed by atoms with Crippen LogP contribution in [-0.4, -0.2) is 51.8 Å². The zero-order valence-electron chi connectivity index (χ0n) is 14.9. The van der Waals surface area contributed by atoms with E-state index >= 15 is 0 Å². The molecule has 1 N–H and O–H groups in total. The smallest absolute Gasteiger partial charge is 0.269 e. The number of nitro benzene ring substituents is 1. The van der Waals surface area contributed by atoms with E-state index in [1.165, 1.54) is 12.1 Å². The Morgan fingerprint density at radius 2 is 1.89 bits per heavy atom. The highest BCUT2D eigenvalue weighted by Crippen LogP contribution is 2.14. The van der Waals surface area contributed by atoms with Crippen molar-refractivity contribution in [1.29, 1.82) is 0 Å². The number of hydrogen-bond donors (Lipinski definition) is 1. The third-order valence-corrected chi connectivity index (χ3v) is 4.70. The Labute approximate surface area is 162 Å². The van der Waals surface area contributed by atoms with Gasteiger partial charge in [-0.3, -0.25) is 15.5 Å². The van der Waals surface area contributed by atoms with E-state index in [0.29, 0.717) is 10.8 Å². The number of nitro groups is 1. The van der Waals surface area contributed by atoms with Gasteiger partial charge in [0.25, 0.3) is 5.69 Å². The number of hydrogen-bond acceptors (Lipinski definition) is 6. The summed E-state index contributed by atoms with van der Waals surface area (Å²) in [5.41, 5.74) is 4.49. The van der Waals surface area contributed by atoms with Crippen LogP contribution in [0.5, 0.6) is 0 Å². The van der Waals surface area contributed by atoms with Crippen LogP contribution in [0.15, 0.2) is 53.8 Å². The molecule has 0 bridgehead atoms. The number of non-ortho nitro benzene ring substituents is 1. The monoisotopic (exact) mass is 384 g/mol. The molecule has 2 heterocycles. The normalized spacial score (nSPS) is 14.8. The Morgan fingerprint density at radius 3 is 2.48 bits per heavy atom. The van der Waals surface area contributed by atoms with E-state index in [4.69, 9.17) is 12.2 Å². The maximum atomic E-state index is 10.7. The molecule has 1 aliphatic heterocycles. The predicted octanol–water partition coefficient (Wildman–Crippen LogP) is 2.41. The summed E-state index contributed by atoms with van der Waals surface area (Å²) in [4.78, 5) is 19.0. The molecule has 0 unspecified atom stereocenters. The van der Waals surface area contributed by atoms with Crippen molar-refractivity contribution in [2.45, 2.75) is 6.92 Å². The molecule has 1 saturated heterocycles. The van der Waals surface area contributed by atoms with Gasteiger partial charge in [0.1, 0.15) is 5.82 Å². The fraction of sp³-hybridized carbons (Fsp3) is 0.278. The standard InChI is InChI=1S/C18H20N6O2S/c1-14(15-5-7-16(8-6-15)24(25)26)20-21-18(27)23-12-10-22(11-13-23)17-4-2-3-9-19-17/h2-9H,10-13H2,1H3,(H,21,27)/b20-14-. The third-order valence-electron chi connectivity index (χ3n) is 4.36. The predicted molar refractivity (Wildman–Crippen MR) is 109 cm³/mol. The van der Waals surface area contributed by atoms with E-state index in [-0.39, 0.29) is 5.69 Å². The molecule has 27 heavy (non-hydrogen) atoms. The minimum atomic E-state index is -0.422. The van der Waals surface area contributed by atoms with Crippen molar-refractivity contribution in [2.75, 3.05) is 31.1 Å². The van der Waals surface area contributed by atoms with Gasteiger partial charge in [-0.2, -0.15) is 5.10 Å². The molecular formula is C18H20N6O2S. The first-order valence-electron chi connectivity index (χ1n) is 8.54. The van der Waals surface area contributed by atoms with Gasteiger partial charge in [0.2, 0.25) is 0 Å². The van der Waals surface area contributed by atoms with Gasteiger partial charge in [0.15, 0.2) is 5.11 Å². The summed E-state index contributed by atoms with van der Waals surface area (Å²) in [5.74, 6) is 0.975. The minimum absolute atomic E-state index is 0.0563. The largest absolute Gasteiger partial charge is 0.353 e. The number of benzene rings is 1. The first-order valence-corrected chi connectivity index (χ1v) is 8.95. The van der Waals surface area contributed by atoms with Crippen LogP contribution in [-0.2, 0) is 0 Å². The quantitative estimate of drug-likeness (QED) is 0.375. The lowest BCUT2D eigenvalue weighted by molar-refractivity contribution is -0.384. The lowest BCUT2D eigenvalue weighted by atomic mass is 10.1. The van der Waals surface area contributed by atoms with Crippen LogP contribution in [0.3, 0.4) is 0 Å². The summed E-state index contributed by atoms with van der Waals surface area (Å²) < 4.78 is 0. The average molecular weight is 384 g/mol. The summed E-state index contributed by atoms with van der Waals surface area (Å²) in [6.07, 6.45) is 1.80. The molecule has 1 aliphatic rings. The van der Waals surface area contributed by atoms with Crippen molar-refractivity contribution in [3.05, 3.63) is 64.3 Å². The summed E-state index contributed by atoms with van der Waals surface area (Å²) in [6, 6.07) is 12.2. The van der Waals surface area contributed by atoms with Crippen LogP contribution >= 0.6 is 12.2 Å². The van der Waals surface area contributed by atoms with Gasteiger partial charge in [-0.1, -0.05) is 6.07 Å². The fourth-order valence-corrected chi connectivity index (χ4v) is 3.00. The van der Waals surface area contributed by atoms with Crippen molar-refractivity contribution in [3.63, 3.8) is 0 Å². The Kier molecular flexibility index (Phi) is 5.92. The van der Waals surface area contributed by atoms with Crippen LogP contribution < -0.4 is 10.3 Å².